The van der Waals surface area contributed by atoms with Crippen LogP contribution < -0.4 is 10.1 Å². The van der Waals surface area contributed by atoms with Crippen LogP contribution in [0, 0.1) is 6.92 Å². The number of methoxy groups -OCH3 is 1. The minimum absolute atomic E-state index is 0.328. The van der Waals surface area contributed by atoms with Gasteiger partial charge in [-0.15, -0.1) is 0 Å². The molecule has 1 aromatic heterocycles. The lowest BCUT2D eigenvalue weighted by atomic mass is 10.0. The lowest BCUT2D eigenvalue weighted by Crippen LogP contribution is -2.21. The predicted octanol–water partition coefficient (Wildman–Crippen LogP) is 5.60. The second-order valence-electron chi connectivity index (χ2n) is 8.53. The maximum atomic E-state index is 12.4. The van der Waals surface area contributed by atoms with Crippen molar-refractivity contribution in [2.75, 3.05) is 13.7 Å². The molecule has 0 fully saturated rings. The number of carboxylic acid groups (broad SMARTS) is 1. The van der Waals surface area contributed by atoms with Gasteiger partial charge in [0, 0.05) is 36.1 Å². The molecule has 1 atom stereocenters. The maximum Gasteiger partial charge on any atom is 0.352 e. The minimum Gasteiger partial charge on any atom is -0.497 e. The average Bonchev–Trinajstić information content (AvgIpc) is 3.12. The summed E-state index contributed by atoms with van der Waals surface area (Å²) in [5, 5.41) is 14.7. The van der Waals surface area contributed by atoms with Crippen LogP contribution >= 0.6 is 0 Å². The number of carboxylic acids is 1. The molecule has 5 heteroatoms. The van der Waals surface area contributed by atoms with E-state index in [1.807, 2.05) is 66.1 Å². The molecule has 0 saturated heterocycles. The molecule has 4 rings (SSSR count). The van der Waals surface area contributed by atoms with E-state index in [-0.39, 0.29) is 0 Å². The van der Waals surface area contributed by atoms with E-state index in [2.05, 4.69) is 30.4 Å². The van der Waals surface area contributed by atoms with E-state index in [1.165, 1.54) is 5.56 Å². The molecule has 0 radical (unpaired) electrons. The molecule has 3 aromatic carbocycles. The van der Waals surface area contributed by atoms with E-state index < -0.39 is 5.97 Å². The summed E-state index contributed by atoms with van der Waals surface area (Å²) in [7, 11) is 1.64. The minimum atomic E-state index is -0.912. The smallest absolute Gasteiger partial charge is 0.352 e. The number of nitrogens with zero attached hydrogens (tertiary/aromatic N) is 1. The lowest BCUT2D eigenvalue weighted by molar-refractivity contribution is 0.0684. The van der Waals surface area contributed by atoms with E-state index in [1.54, 1.807) is 7.11 Å². The number of hydrogen-bond donors (Lipinski definition) is 2. The molecule has 4 aromatic rings. The second kappa shape index (κ2) is 9.92. The zero-order valence-electron chi connectivity index (χ0n) is 19.3. The van der Waals surface area contributed by atoms with Gasteiger partial charge in [-0.05, 0) is 47.7 Å². The molecule has 33 heavy (non-hydrogen) atoms. The summed E-state index contributed by atoms with van der Waals surface area (Å²) in [4.78, 5) is 12.4. The van der Waals surface area contributed by atoms with Crippen molar-refractivity contribution in [1.82, 2.24) is 9.88 Å². The Morgan fingerprint density at radius 1 is 1.06 bits per heavy atom. The van der Waals surface area contributed by atoms with Crippen LogP contribution in [-0.4, -0.2) is 29.3 Å². The Kier molecular flexibility index (Phi) is 6.80. The molecule has 0 amide bonds. The van der Waals surface area contributed by atoms with E-state index in [0.29, 0.717) is 24.7 Å². The molecule has 5 nitrogen and oxygen atoms in total. The summed E-state index contributed by atoms with van der Waals surface area (Å²) in [6.45, 7) is 5.95. The molecule has 0 aliphatic carbocycles. The highest BCUT2D eigenvalue weighted by Crippen LogP contribution is 2.29. The molecule has 1 heterocycles. The first kappa shape index (κ1) is 22.6. The molecule has 170 valence electrons. The van der Waals surface area contributed by atoms with Gasteiger partial charge in [-0.3, -0.25) is 0 Å². The van der Waals surface area contributed by atoms with Crippen LogP contribution in [0.25, 0.3) is 10.9 Å². The number of hydrogen-bond acceptors (Lipinski definition) is 3. The Labute approximate surface area is 194 Å². The SMILES string of the molecule is COc1ccc(Cn2c(C(=O)O)c(CNC[C@@H](C)c3ccccc3)c3ccc(C)cc32)cc1. The fourth-order valence-corrected chi connectivity index (χ4v) is 4.35. The summed E-state index contributed by atoms with van der Waals surface area (Å²) >= 11 is 0. The van der Waals surface area contributed by atoms with Crippen molar-refractivity contribution in [2.24, 2.45) is 0 Å². The summed E-state index contributed by atoms with van der Waals surface area (Å²) in [6, 6.07) is 24.3. The van der Waals surface area contributed by atoms with Gasteiger partial charge >= 0.3 is 5.97 Å². The Balaban J connectivity index is 1.66. The summed E-state index contributed by atoms with van der Waals surface area (Å²) in [5.74, 6) is 0.197. The number of aryl methyl sites for hydroxylation is 1. The van der Waals surface area contributed by atoms with Crippen LogP contribution in [0.15, 0.2) is 72.8 Å². The van der Waals surface area contributed by atoms with Crippen molar-refractivity contribution in [1.29, 1.82) is 0 Å². The van der Waals surface area contributed by atoms with Gasteiger partial charge in [-0.2, -0.15) is 0 Å². The highest BCUT2D eigenvalue weighted by molar-refractivity contribution is 5.98. The third-order valence-corrected chi connectivity index (χ3v) is 6.15. The Morgan fingerprint density at radius 2 is 1.79 bits per heavy atom. The zero-order valence-corrected chi connectivity index (χ0v) is 19.3. The molecule has 0 aliphatic heterocycles. The van der Waals surface area contributed by atoms with Gasteiger partial charge in [0.25, 0.3) is 0 Å². The molecule has 0 spiro atoms. The topological polar surface area (TPSA) is 63.5 Å². The standard InChI is InChI=1S/C28H30N2O3/c1-19-9-14-24-25(17-29-16-20(2)22-7-5-4-6-8-22)27(28(31)32)30(26(24)15-19)18-21-10-12-23(33-3)13-11-21/h4-15,20,29H,16-18H2,1-3H3,(H,31,32)/t20-/m1/s1. The molecule has 0 aliphatic rings. The summed E-state index contributed by atoms with van der Waals surface area (Å²) in [5.41, 5.74) is 5.49. The van der Waals surface area contributed by atoms with Gasteiger partial charge in [0.1, 0.15) is 11.4 Å². The second-order valence-corrected chi connectivity index (χ2v) is 8.53. The number of ether oxygens (including phenoxy) is 1. The van der Waals surface area contributed by atoms with Gasteiger partial charge < -0.3 is 19.7 Å². The van der Waals surface area contributed by atoms with Crippen molar-refractivity contribution in [2.45, 2.75) is 32.9 Å². The first-order valence-corrected chi connectivity index (χ1v) is 11.2. The van der Waals surface area contributed by atoms with Crippen LogP contribution in [0.2, 0.25) is 0 Å². The molecule has 0 bridgehead atoms. The lowest BCUT2D eigenvalue weighted by Gasteiger charge is -2.14. The van der Waals surface area contributed by atoms with Gasteiger partial charge in [-0.1, -0.05) is 61.5 Å². The van der Waals surface area contributed by atoms with Gasteiger partial charge in [0.15, 0.2) is 0 Å². The molecule has 0 saturated carbocycles. The number of aromatic nitrogens is 1. The molecule has 2 N–H and O–H groups in total. The van der Waals surface area contributed by atoms with E-state index >= 15 is 0 Å². The quantitative estimate of drug-likeness (QED) is 0.354. The van der Waals surface area contributed by atoms with Crippen LogP contribution in [0.1, 0.15) is 45.6 Å². The first-order chi connectivity index (χ1) is 16.0. The maximum absolute atomic E-state index is 12.4. The normalized spacial score (nSPS) is 12.1. The van der Waals surface area contributed by atoms with Gasteiger partial charge in [0.2, 0.25) is 0 Å². The number of nitrogens with one attached hydrogen (secondary N) is 1. The Hall–Kier alpha value is -3.57. The molecular formula is C28H30N2O3. The number of carbonyl (C=O) groups is 1. The first-order valence-electron chi connectivity index (χ1n) is 11.2. The van der Waals surface area contributed by atoms with Crippen molar-refractivity contribution in [3.63, 3.8) is 0 Å². The predicted molar refractivity (Wildman–Crippen MR) is 132 cm³/mol. The number of rotatable bonds is 9. The van der Waals surface area contributed by atoms with Crippen molar-refractivity contribution < 1.29 is 14.6 Å². The number of benzene rings is 3. The Bertz CT molecular complexity index is 1240. The van der Waals surface area contributed by atoms with Crippen LogP contribution in [0.3, 0.4) is 0 Å². The average molecular weight is 443 g/mol. The van der Waals surface area contributed by atoms with E-state index in [4.69, 9.17) is 4.74 Å². The number of aromatic carboxylic acids is 1. The highest BCUT2D eigenvalue weighted by atomic mass is 16.5. The van der Waals surface area contributed by atoms with E-state index in [9.17, 15) is 9.90 Å². The van der Waals surface area contributed by atoms with Gasteiger partial charge in [0.05, 0.1) is 7.11 Å². The summed E-state index contributed by atoms with van der Waals surface area (Å²) in [6.07, 6.45) is 0. The summed E-state index contributed by atoms with van der Waals surface area (Å²) < 4.78 is 7.18. The fourth-order valence-electron chi connectivity index (χ4n) is 4.35. The third kappa shape index (κ3) is 4.94. The molecular weight excluding hydrogens is 412 g/mol. The fraction of sp³-hybridized carbons (Fsp3) is 0.250. The van der Waals surface area contributed by atoms with Crippen molar-refractivity contribution >= 4 is 16.9 Å². The van der Waals surface area contributed by atoms with E-state index in [0.717, 1.165) is 39.9 Å². The monoisotopic (exact) mass is 442 g/mol. The molecule has 0 unspecified atom stereocenters. The van der Waals surface area contributed by atoms with Crippen LogP contribution in [0.5, 0.6) is 5.75 Å². The van der Waals surface area contributed by atoms with Crippen LogP contribution in [0.4, 0.5) is 0 Å². The zero-order chi connectivity index (χ0) is 23.4. The van der Waals surface area contributed by atoms with Crippen molar-refractivity contribution in [3.05, 3.63) is 101 Å². The van der Waals surface area contributed by atoms with Crippen LogP contribution in [-0.2, 0) is 13.1 Å². The number of fused-ring (bicyclic) bond motifs is 1. The Morgan fingerprint density at radius 3 is 2.45 bits per heavy atom. The highest BCUT2D eigenvalue weighted by Gasteiger charge is 2.22. The van der Waals surface area contributed by atoms with Crippen molar-refractivity contribution in [3.8, 4) is 5.75 Å². The largest absolute Gasteiger partial charge is 0.497 e. The third-order valence-electron chi connectivity index (χ3n) is 6.15. The van der Waals surface area contributed by atoms with Gasteiger partial charge in [-0.25, -0.2) is 4.79 Å².